The fourth-order valence-electron chi connectivity index (χ4n) is 4.63. The van der Waals surface area contributed by atoms with Gasteiger partial charge in [0.15, 0.2) is 6.61 Å². The van der Waals surface area contributed by atoms with Crippen LogP contribution in [-0.2, 0) is 19.6 Å². The summed E-state index contributed by atoms with van der Waals surface area (Å²) < 4.78 is 33.7. The van der Waals surface area contributed by atoms with Crippen molar-refractivity contribution in [2.75, 3.05) is 18.5 Å². The molecule has 2 N–H and O–H groups in total. The molecule has 9 heteroatoms. The molecule has 0 spiro atoms. The summed E-state index contributed by atoms with van der Waals surface area (Å²) >= 11 is 0. The highest BCUT2D eigenvalue weighted by Crippen LogP contribution is 2.36. The van der Waals surface area contributed by atoms with E-state index in [9.17, 15) is 18.0 Å². The molecule has 0 unspecified atom stereocenters. The number of hydrogen-bond acceptors (Lipinski definition) is 5. The number of carbonyl (C=O) groups excluding carboxylic acids is 2. The van der Waals surface area contributed by atoms with E-state index < -0.39 is 16.1 Å². The van der Waals surface area contributed by atoms with E-state index in [0.29, 0.717) is 36.4 Å². The molecule has 0 radical (unpaired) electrons. The van der Waals surface area contributed by atoms with Gasteiger partial charge in [-0.25, -0.2) is 8.42 Å². The van der Waals surface area contributed by atoms with E-state index in [1.165, 1.54) is 23.2 Å². The maximum absolute atomic E-state index is 13.5. The van der Waals surface area contributed by atoms with Crippen LogP contribution in [0.25, 0.3) is 0 Å². The van der Waals surface area contributed by atoms with Crippen LogP contribution in [0.5, 0.6) is 5.75 Å². The van der Waals surface area contributed by atoms with Crippen molar-refractivity contribution < 1.29 is 22.7 Å². The van der Waals surface area contributed by atoms with Crippen molar-refractivity contribution in [1.29, 1.82) is 0 Å². The van der Waals surface area contributed by atoms with Crippen molar-refractivity contribution in [2.24, 2.45) is 0 Å². The molecule has 2 amide bonds. The zero-order valence-electron chi connectivity index (χ0n) is 17.3. The summed E-state index contributed by atoms with van der Waals surface area (Å²) in [6.07, 6.45) is 7.67. The SMILES string of the molecule is Cc1cc2c(cc1S(=O)(=O)N1CCC[C@H]1C(=O)NC1CCCCCC1)OCC(=O)N2. The lowest BCUT2D eigenvalue weighted by Gasteiger charge is -2.27. The first-order valence-corrected chi connectivity index (χ1v) is 12.2. The zero-order valence-corrected chi connectivity index (χ0v) is 18.1. The topological polar surface area (TPSA) is 105 Å². The highest BCUT2D eigenvalue weighted by molar-refractivity contribution is 7.89. The number of anilines is 1. The lowest BCUT2D eigenvalue weighted by molar-refractivity contribution is -0.125. The highest BCUT2D eigenvalue weighted by atomic mass is 32.2. The van der Waals surface area contributed by atoms with Gasteiger partial charge in [0, 0.05) is 18.7 Å². The number of nitrogens with one attached hydrogen (secondary N) is 2. The second kappa shape index (κ2) is 8.55. The second-order valence-corrected chi connectivity index (χ2v) is 10.3. The van der Waals surface area contributed by atoms with Gasteiger partial charge >= 0.3 is 0 Å². The lowest BCUT2D eigenvalue weighted by atomic mass is 10.1. The molecule has 0 bridgehead atoms. The van der Waals surface area contributed by atoms with Gasteiger partial charge < -0.3 is 15.4 Å². The third kappa shape index (κ3) is 4.18. The molecule has 3 aliphatic rings. The molecule has 30 heavy (non-hydrogen) atoms. The van der Waals surface area contributed by atoms with Crippen LogP contribution in [0.1, 0.15) is 56.9 Å². The van der Waals surface area contributed by atoms with Crippen LogP contribution in [0.3, 0.4) is 0 Å². The predicted octanol–water partition coefficient (Wildman–Crippen LogP) is 2.32. The lowest BCUT2D eigenvalue weighted by Crippen LogP contribution is -2.48. The maximum Gasteiger partial charge on any atom is 0.262 e. The Hall–Kier alpha value is -2.13. The van der Waals surface area contributed by atoms with Gasteiger partial charge in [-0.2, -0.15) is 4.31 Å². The summed E-state index contributed by atoms with van der Waals surface area (Å²) in [6.45, 7) is 1.86. The molecule has 164 valence electrons. The number of nitrogens with zero attached hydrogens (tertiary/aromatic N) is 1. The van der Waals surface area contributed by atoms with Crippen LogP contribution in [-0.4, -0.2) is 49.8 Å². The van der Waals surface area contributed by atoms with Gasteiger partial charge in [-0.05, 0) is 44.2 Å². The monoisotopic (exact) mass is 435 g/mol. The number of hydrogen-bond donors (Lipinski definition) is 2. The summed E-state index contributed by atoms with van der Waals surface area (Å²) in [5, 5.41) is 5.80. The average molecular weight is 436 g/mol. The zero-order chi connectivity index (χ0) is 21.3. The van der Waals surface area contributed by atoms with E-state index >= 15 is 0 Å². The van der Waals surface area contributed by atoms with Gasteiger partial charge in [-0.15, -0.1) is 0 Å². The average Bonchev–Trinajstić information content (AvgIpc) is 3.07. The summed E-state index contributed by atoms with van der Waals surface area (Å²) in [5.41, 5.74) is 0.973. The molecule has 1 aromatic carbocycles. The highest BCUT2D eigenvalue weighted by Gasteiger charge is 2.41. The van der Waals surface area contributed by atoms with Crippen LogP contribution in [0.4, 0.5) is 5.69 Å². The van der Waals surface area contributed by atoms with E-state index in [0.717, 1.165) is 25.7 Å². The van der Waals surface area contributed by atoms with Crippen LogP contribution < -0.4 is 15.4 Å². The number of carbonyl (C=O) groups is 2. The molecular weight excluding hydrogens is 406 g/mol. The van der Waals surface area contributed by atoms with Crippen molar-refractivity contribution in [2.45, 2.75) is 75.3 Å². The molecule has 0 aromatic heterocycles. The molecule has 4 rings (SSSR count). The molecule has 2 fully saturated rings. The normalized spacial score (nSPS) is 23.2. The minimum absolute atomic E-state index is 0.117. The quantitative estimate of drug-likeness (QED) is 0.706. The van der Waals surface area contributed by atoms with Crippen LogP contribution in [0.2, 0.25) is 0 Å². The number of benzene rings is 1. The molecule has 2 heterocycles. The number of rotatable bonds is 4. The van der Waals surface area contributed by atoms with Crippen molar-refractivity contribution in [3.63, 3.8) is 0 Å². The van der Waals surface area contributed by atoms with Crippen LogP contribution >= 0.6 is 0 Å². The van der Waals surface area contributed by atoms with E-state index in [1.807, 2.05) is 0 Å². The smallest absolute Gasteiger partial charge is 0.262 e. The molecule has 1 atom stereocenters. The third-order valence-corrected chi connectivity index (χ3v) is 8.25. The summed E-state index contributed by atoms with van der Waals surface area (Å²) in [4.78, 5) is 24.6. The van der Waals surface area contributed by atoms with Crippen molar-refractivity contribution >= 4 is 27.5 Å². The summed E-state index contributed by atoms with van der Waals surface area (Å²) in [7, 11) is -3.88. The number of sulfonamides is 1. The second-order valence-electron chi connectivity index (χ2n) is 8.42. The first-order valence-electron chi connectivity index (χ1n) is 10.8. The maximum atomic E-state index is 13.5. The predicted molar refractivity (Wildman–Crippen MR) is 112 cm³/mol. The molecule has 8 nitrogen and oxygen atoms in total. The van der Waals surface area contributed by atoms with Crippen molar-refractivity contribution in [1.82, 2.24) is 9.62 Å². The van der Waals surface area contributed by atoms with Gasteiger partial charge in [0.1, 0.15) is 11.8 Å². The Morgan fingerprint density at radius 1 is 1.13 bits per heavy atom. The fraction of sp³-hybridized carbons (Fsp3) is 0.619. The van der Waals surface area contributed by atoms with Gasteiger partial charge in [0.05, 0.1) is 10.6 Å². The first-order chi connectivity index (χ1) is 14.4. The minimum Gasteiger partial charge on any atom is -0.482 e. The number of fused-ring (bicyclic) bond motifs is 1. The van der Waals surface area contributed by atoms with Gasteiger partial charge in [0.25, 0.3) is 5.91 Å². The Kier molecular flexibility index (Phi) is 6.02. The Morgan fingerprint density at radius 2 is 1.87 bits per heavy atom. The summed E-state index contributed by atoms with van der Waals surface area (Å²) in [5.74, 6) is -0.133. The molecule has 1 saturated heterocycles. The Balaban J connectivity index is 1.56. The Bertz CT molecular complexity index is 938. The number of aryl methyl sites for hydroxylation is 1. The minimum atomic E-state index is -3.88. The van der Waals surface area contributed by atoms with Crippen LogP contribution in [0, 0.1) is 6.92 Å². The first kappa shape index (κ1) is 21.1. The molecule has 1 aliphatic carbocycles. The van der Waals surface area contributed by atoms with Gasteiger partial charge in [0.2, 0.25) is 15.9 Å². The third-order valence-electron chi connectivity index (χ3n) is 6.20. The fourth-order valence-corrected chi connectivity index (χ4v) is 6.51. The molecule has 1 aromatic rings. The van der Waals surface area contributed by atoms with E-state index in [1.54, 1.807) is 13.0 Å². The Morgan fingerprint density at radius 3 is 2.60 bits per heavy atom. The largest absolute Gasteiger partial charge is 0.482 e. The van der Waals surface area contributed by atoms with Gasteiger partial charge in [-0.3, -0.25) is 9.59 Å². The number of ether oxygens (including phenoxy) is 1. The van der Waals surface area contributed by atoms with Crippen molar-refractivity contribution in [3.05, 3.63) is 17.7 Å². The van der Waals surface area contributed by atoms with Crippen molar-refractivity contribution in [3.8, 4) is 5.75 Å². The summed E-state index contributed by atoms with van der Waals surface area (Å²) in [6, 6.07) is 2.51. The molecule has 1 saturated carbocycles. The Labute approximate surface area is 177 Å². The van der Waals surface area contributed by atoms with E-state index in [2.05, 4.69) is 10.6 Å². The van der Waals surface area contributed by atoms with Crippen LogP contribution in [0.15, 0.2) is 17.0 Å². The standard InChI is InChI=1S/C21H29N3O5S/c1-14-11-16-18(29-13-20(25)23-16)12-19(14)30(27,28)24-10-6-9-17(24)21(26)22-15-7-4-2-3-5-8-15/h11-12,15,17H,2-10,13H2,1H3,(H,22,26)(H,23,25)/t17-/m0/s1. The van der Waals surface area contributed by atoms with E-state index in [-0.39, 0.29) is 29.4 Å². The number of amides is 2. The van der Waals surface area contributed by atoms with Gasteiger partial charge in [-0.1, -0.05) is 25.7 Å². The molecule has 2 aliphatic heterocycles. The molecular formula is C21H29N3O5S. The van der Waals surface area contributed by atoms with E-state index in [4.69, 9.17) is 4.74 Å².